The monoisotopic (exact) mass is 394 g/mol. The highest BCUT2D eigenvalue weighted by Gasteiger charge is 2.12. The van der Waals surface area contributed by atoms with Crippen molar-refractivity contribution in [3.63, 3.8) is 0 Å². The maximum Gasteiger partial charge on any atom is 0.120 e. The standard InChI is InChI=1S/C27H26N2O/c1-20-7-13-24(14-8-20)29(25-15-9-21(2)10-16-25)26-17-11-22(12-18-26)28-23-5-4-6-27(19-23)30-3/h4-19,28H,1-3H3. The Kier molecular flexibility index (Phi) is 5.71. The van der Waals surface area contributed by atoms with Gasteiger partial charge in [0.15, 0.2) is 0 Å². The Morgan fingerprint density at radius 1 is 0.600 bits per heavy atom. The maximum absolute atomic E-state index is 5.31. The molecule has 0 saturated heterocycles. The van der Waals surface area contributed by atoms with Gasteiger partial charge in [0.25, 0.3) is 0 Å². The summed E-state index contributed by atoms with van der Waals surface area (Å²) in [6.45, 7) is 4.22. The van der Waals surface area contributed by atoms with E-state index < -0.39 is 0 Å². The van der Waals surface area contributed by atoms with Gasteiger partial charge in [0.1, 0.15) is 5.75 Å². The van der Waals surface area contributed by atoms with Crippen LogP contribution in [0.15, 0.2) is 97.1 Å². The van der Waals surface area contributed by atoms with Gasteiger partial charge in [-0.1, -0.05) is 41.5 Å². The molecular weight excluding hydrogens is 368 g/mol. The number of rotatable bonds is 6. The van der Waals surface area contributed by atoms with Gasteiger partial charge >= 0.3 is 0 Å². The fraction of sp³-hybridized carbons (Fsp3) is 0.111. The molecule has 3 nitrogen and oxygen atoms in total. The summed E-state index contributed by atoms with van der Waals surface area (Å²) in [7, 11) is 1.68. The predicted molar refractivity (Wildman–Crippen MR) is 127 cm³/mol. The summed E-state index contributed by atoms with van der Waals surface area (Å²) in [5.41, 5.74) is 7.91. The zero-order chi connectivity index (χ0) is 20.9. The molecule has 150 valence electrons. The SMILES string of the molecule is COc1cccc(Nc2ccc(N(c3ccc(C)cc3)c3ccc(C)cc3)cc2)c1. The first-order chi connectivity index (χ1) is 14.6. The van der Waals surface area contributed by atoms with Crippen molar-refractivity contribution in [3.05, 3.63) is 108 Å². The molecule has 4 aromatic rings. The van der Waals surface area contributed by atoms with E-state index in [-0.39, 0.29) is 0 Å². The van der Waals surface area contributed by atoms with Crippen LogP contribution in [0.5, 0.6) is 5.75 Å². The summed E-state index contributed by atoms with van der Waals surface area (Å²) < 4.78 is 5.31. The quantitative estimate of drug-likeness (QED) is 0.366. The van der Waals surface area contributed by atoms with Crippen molar-refractivity contribution in [3.8, 4) is 5.75 Å². The molecule has 30 heavy (non-hydrogen) atoms. The van der Waals surface area contributed by atoms with Crippen molar-refractivity contribution in [1.29, 1.82) is 0 Å². The average molecular weight is 395 g/mol. The molecule has 0 spiro atoms. The van der Waals surface area contributed by atoms with E-state index in [4.69, 9.17) is 4.74 Å². The molecule has 0 saturated carbocycles. The number of hydrogen-bond donors (Lipinski definition) is 1. The molecule has 0 bridgehead atoms. The lowest BCUT2D eigenvalue weighted by Crippen LogP contribution is -2.09. The van der Waals surface area contributed by atoms with Crippen LogP contribution < -0.4 is 15.0 Å². The Labute approximate surface area is 178 Å². The van der Waals surface area contributed by atoms with Crippen LogP contribution in [0.1, 0.15) is 11.1 Å². The highest BCUT2D eigenvalue weighted by Crippen LogP contribution is 2.35. The van der Waals surface area contributed by atoms with E-state index in [2.05, 4.69) is 96.9 Å². The molecule has 0 aliphatic carbocycles. The highest BCUT2D eigenvalue weighted by molar-refractivity contribution is 5.78. The van der Waals surface area contributed by atoms with Crippen LogP contribution >= 0.6 is 0 Å². The zero-order valence-corrected chi connectivity index (χ0v) is 17.6. The second kappa shape index (κ2) is 8.75. The summed E-state index contributed by atoms with van der Waals surface area (Å²) in [6, 6.07) is 33.7. The average Bonchev–Trinajstić information content (AvgIpc) is 2.78. The minimum atomic E-state index is 0.835. The summed E-state index contributed by atoms with van der Waals surface area (Å²) in [6.07, 6.45) is 0. The minimum Gasteiger partial charge on any atom is -0.497 e. The van der Waals surface area contributed by atoms with Gasteiger partial charge in [0.05, 0.1) is 7.11 Å². The molecule has 3 heteroatoms. The largest absolute Gasteiger partial charge is 0.497 e. The lowest BCUT2D eigenvalue weighted by molar-refractivity contribution is 0.415. The number of nitrogens with one attached hydrogen (secondary N) is 1. The van der Waals surface area contributed by atoms with E-state index in [9.17, 15) is 0 Å². The Morgan fingerprint density at radius 2 is 1.10 bits per heavy atom. The van der Waals surface area contributed by atoms with Crippen molar-refractivity contribution < 1.29 is 4.74 Å². The summed E-state index contributed by atoms with van der Waals surface area (Å²) in [4.78, 5) is 2.27. The molecule has 0 aliphatic rings. The molecule has 0 fully saturated rings. The Hall–Kier alpha value is -3.72. The topological polar surface area (TPSA) is 24.5 Å². The van der Waals surface area contributed by atoms with Crippen LogP contribution in [0.3, 0.4) is 0 Å². The smallest absolute Gasteiger partial charge is 0.120 e. The van der Waals surface area contributed by atoms with Gasteiger partial charge in [0.2, 0.25) is 0 Å². The summed E-state index contributed by atoms with van der Waals surface area (Å²) in [5, 5.41) is 3.44. The first-order valence-corrected chi connectivity index (χ1v) is 10.1. The number of methoxy groups -OCH3 is 1. The Bertz CT molecular complexity index is 1060. The third-order valence-corrected chi connectivity index (χ3v) is 5.07. The van der Waals surface area contributed by atoms with Crippen molar-refractivity contribution in [2.45, 2.75) is 13.8 Å². The second-order valence-corrected chi connectivity index (χ2v) is 7.41. The first-order valence-electron chi connectivity index (χ1n) is 10.1. The minimum absolute atomic E-state index is 0.835. The number of benzene rings is 4. The van der Waals surface area contributed by atoms with Gasteiger partial charge in [-0.25, -0.2) is 0 Å². The van der Waals surface area contributed by atoms with Crippen LogP contribution in [0.25, 0.3) is 0 Å². The lowest BCUT2D eigenvalue weighted by atomic mass is 10.1. The zero-order valence-electron chi connectivity index (χ0n) is 17.6. The van der Waals surface area contributed by atoms with E-state index >= 15 is 0 Å². The van der Waals surface area contributed by atoms with E-state index in [1.807, 2.05) is 24.3 Å². The van der Waals surface area contributed by atoms with Crippen LogP contribution in [0.2, 0.25) is 0 Å². The molecule has 0 heterocycles. The van der Waals surface area contributed by atoms with Crippen molar-refractivity contribution in [2.75, 3.05) is 17.3 Å². The second-order valence-electron chi connectivity index (χ2n) is 7.41. The van der Waals surface area contributed by atoms with E-state index in [1.165, 1.54) is 11.1 Å². The van der Waals surface area contributed by atoms with Crippen LogP contribution in [0.4, 0.5) is 28.4 Å². The molecule has 0 atom stereocenters. The van der Waals surface area contributed by atoms with Crippen molar-refractivity contribution in [2.24, 2.45) is 0 Å². The number of hydrogen-bond acceptors (Lipinski definition) is 3. The van der Waals surface area contributed by atoms with E-state index in [0.717, 1.165) is 34.2 Å². The molecule has 0 amide bonds. The molecule has 0 unspecified atom stereocenters. The van der Waals surface area contributed by atoms with Gasteiger partial charge < -0.3 is 15.0 Å². The van der Waals surface area contributed by atoms with Gasteiger partial charge in [-0.3, -0.25) is 0 Å². The number of aryl methyl sites for hydroxylation is 2. The van der Waals surface area contributed by atoms with Gasteiger partial charge in [-0.15, -0.1) is 0 Å². The first kappa shape index (κ1) is 19.6. The van der Waals surface area contributed by atoms with Gasteiger partial charge in [0, 0.05) is 34.5 Å². The van der Waals surface area contributed by atoms with Gasteiger partial charge in [-0.2, -0.15) is 0 Å². The van der Waals surface area contributed by atoms with E-state index in [1.54, 1.807) is 7.11 Å². The van der Waals surface area contributed by atoms with Gasteiger partial charge in [-0.05, 0) is 74.5 Å². The summed E-state index contributed by atoms with van der Waals surface area (Å²) >= 11 is 0. The van der Waals surface area contributed by atoms with Crippen LogP contribution in [0, 0.1) is 13.8 Å². The highest BCUT2D eigenvalue weighted by atomic mass is 16.5. The molecular formula is C27H26N2O. The molecule has 0 radical (unpaired) electrons. The summed E-state index contributed by atoms with van der Waals surface area (Å²) in [5.74, 6) is 0.835. The third kappa shape index (κ3) is 4.47. The molecule has 0 aromatic heterocycles. The van der Waals surface area contributed by atoms with Crippen molar-refractivity contribution in [1.82, 2.24) is 0 Å². The third-order valence-electron chi connectivity index (χ3n) is 5.07. The lowest BCUT2D eigenvalue weighted by Gasteiger charge is -2.26. The molecule has 1 N–H and O–H groups in total. The molecule has 0 aliphatic heterocycles. The van der Waals surface area contributed by atoms with Crippen molar-refractivity contribution >= 4 is 28.4 Å². The van der Waals surface area contributed by atoms with Crippen LogP contribution in [-0.4, -0.2) is 7.11 Å². The normalized spacial score (nSPS) is 10.5. The van der Waals surface area contributed by atoms with E-state index in [0.29, 0.717) is 0 Å². The van der Waals surface area contributed by atoms with Crippen LogP contribution in [-0.2, 0) is 0 Å². The fourth-order valence-corrected chi connectivity index (χ4v) is 3.40. The Morgan fingerprint density at radius 3 is 1.60 bits per heavy atom. The molecule has 4 aromatic carbocycles. The number of anilines is 5. The Balaban J connectivity index is 1.65. The molecule has 4 rings (SSSR count). The maximum atomic E-state index is 5.31. The predicted octanol–water partition coefficient (Wildman–Crippen LogP) is 7.53. The number of ether oxygens (including phenoxy) is 1. The number of nitrogens with zero attached hydrogens (tertiary/aromatic N) is 1. The fourth-order valence-electron chi connectivity index (χ4n) is 3.40.